The predicted octanol–water partition coefficient (Wildman–Crippen LogP) is 2.03. The van der Waals surface area contributed by atoms with Crippen LogP contribution in [0.1, 0.15) is 46.2 Å². The minimum absolute atomic E-state index is 0.0247. The first-order valence-electron chi connectivity index (χ1n) is 10.2. The van der Waals surface area contributed by atoms with Crippen molar-refractivity contribution in [2.24, 2.45) is 0 Å². The molecule has 2 heterocycles. The zero-order valence-corrected chi connectivity index (χ0v) is 17.8. The number of carbonyl (C=O) groups is 2. The number of ether oxygens (including phenoxy) is 1. The van der Waals surface area contributed by atoms with Crippen molar-refractivity contribution in [1.82, 2.24) is 14.8 Å². The van der Waals surface area contributed by atoms with Crippen LogP contribution in [0.2, 0.25) is 0 Å². The molecule has 1 amide bonds. The SMILES string of the molecule is CCC1CCN(C)C(Cn2cc(C(=O)NCc3ccc(F)cc3F)c(=O)c(O)c2C=O)O1. The predicted molar refractivity (Wildman–Crippen MR) is 111 cm³/mol. The monoisotopic (exact) mass is 449 g/mol. The molecule has 10 heteroatoms. The van der Waals surface area contributed by atoms with Crippen LogP contribution in [0.4, 0.5) is 8.78 Å². The molecule has 8 nitrogen and oxygen atoms in total. The van der Waals surface area contributed by atoms with E-state index in [1.54, 1.807) is 0 Å². The lowest BCUT2D eigenvalue weighted by Gasteiger charge is -2.37. The summed E-state index contributed by atoms with van der Waals surface area (Å²) < 4.78 is 34.2. The zero-order chi connectivity index (χ0) is 23.4. The first-order chi connectivity index (χ1) is 15.2. The molecule has 0 saturated carbocycles. The van der Waals surface area contributed by atoms with Crippen LogP contribution >= 0.6 is 0 Å². The molecule has 3 rings (SSSR count). The summed E-state index contributed by atoms with van der Waals surface area (Å²) >= 11 is 0. The van der Waals surface area contributed by atoms with Crippen LogP contribution in [0.15, 0.2) is 29.2 Å². The third-order valence-corrected chi connectivity index (χ3v) is 5.56. The molecule has 1 aromatic heterocycles. The highest BCUT2D eigenvalue weighted by Crippen LogP contribution is 2.20. The topological polar surface area (TPSA) is 101 Å². The minimum atomic E-state index is -1.02. The Morgan fingerprint density at radius 2 is 2.12 bits per heavy atom. The molecule has 1 saturated heterocycles. The molecule has 0 spiro atoms. The zero-order valence-electron chi connectivity index (χ0n) is 17.8. The molecule has 2 N–H and O–H groups in total. The average Bonchev–Trinajstić information content (AvgIpc) is 2.77. The number of aromatic nitrogens is 1. The Morgan fingerprint density at radius 3 is 2.78 bits per heavy atom. The average molecular weight is 449 g/mol. The normalized spacial score (nSPS) is 19.0. The molecular weight excluding hydrogens is 424 g/mol. The molecule has 1 fully saturated rings. The smallest absolute Gasteiger partial charge is 0.257 e. The van der Waals surface area contributed by atoms with Gasteiger partial charge in [-0.2, -0.15) is 0 Å². The maximum absolute atomic E-state index is 13.8. The van der Waals surface area contributed by atoms with E-state index in [0.29, 0.717) is 12.4 Å². The Kier molecular flexibility index (Phi) is 7.37. The minimum Gasteiger partial charge on any atom is -0.503 e. The largest absolute Gasteiger partial charge is 0.503 e. The van der Waals surface area contributed by atoms with Gasteiger partial charge in [-0.15, -0.1) is 0 Å². The number of amides is 1. The van der Waals surface area contributed by atoms with Gasteiger partial charge in [0.15, 0.2) is 12.0 Å². The first kappa shape index (κ1) is 23.6. The fraction of sp³-hybridized carbons (Fsp3) is 0.409. The van der Waals surface area contributed by atoms with Crippen molar-refractivity contribution in [3.63, 3.8) is 0 Å². The number of carbonyl (C=O) groups excluding carboxylic acids is 2. The van der Waals surface area contributed by atoms with Crippen LogP contribution < -0.4 is 10.7 Å². The van der Waals surface area contributed by atoms with Crippen molar-refractivity contribution in [3.05, 3.63) is 63.1 Å². The van der Waals surface area contributed by atoms with Gasteiger partial charge < -0.3 is 19.7 Å². The molecule has 32 heavy (non-hydrogen) atoms. The van der Waals surface area contributed by atoms with Crippen molar-refractivity contribution < 1.29 is 28.2 Å². The number of halogens is 2. The summed E-state index contributed by atoms with van der Waals surface area (Å²) in [5.74, 6) is -3.32. The lowest BCUT2D eigenvalue weighted by molar-refractivity contribution is -0.137. The number of rotatable bonds is 7. The number of benzene rings is 1. The number of hydrogen-bond acceptors (Lipinski definition) is 6. The standard InChI is InChI=1S/C22H25F2N3O5/c1-3-15-6-7-26(2)19(32-15)11-27-10-16(20(29)21(30)18(27)12-28)22(31)25-9-13-4-5-14(23)8-17(13)24/h4-5,8,10,12,15,19,30H,3,6-7,9,11H2,1-2H3,(H,25,31). The van der Waals surface area contributed by atoms with Crippen molar-refractivity contribution in [2.75, 3.05) is 13.6 Å². The van der Waals surface area contributed by atoms with Gasteiger partial charge in [0.05, 0.1) is 12.6 Å². The molecular formula is C22H25F2N3O5. The Balaban J connectivity index is 1.86. The molecule has 1 aliphatic heterocycles. The third kappa shape index (κ3) is 5.03. The summed E-state index contributed by atoms with van der Waals surface area (Å²) in [6, 6.07) is 2.91. The fourth-order valence-corrected chi connectivity index (χ4v) is 3.57. The van der Waals surface area contributed by atoms with Gasteiger partial charge in [0.25, 0.3) is 5.91 Å². The summed E-state index contributed by atoms with van der Waals surface area (Å²) in [7, 11) is 1.85. The van der Waals surface area contributed by atoms with Gasteiger partial charge in [-0.1, -0.05) is 13.0 Å². The number of pyridine rings is 1. The molecule has 2 aromatic rings. The summed E-state index contributed by atoms with van der Waals surface area (Å²) in [6.07, 6.45) is 2.79. The second-order valence-corrected chi connectivity index (χ2v) is 7.68. The number of nitrogens with one attached hydrogen (secondary N) is 1. The first-order valence-corrected chi connectivity index (χ1v) is 10.2. The maximum atomic E-state index is 13.8. The van der Waals surface area contributed by atoms with E-state index in [9.17, 15) is 28.3 Å². The van der Waals surface area contributed by atoms with Crippen LogP contribution in [-0.4, -0.2) is 52.7 Å². The number of likely N-dealkylation sites (N-methyl/N-ethyl adjacent to an activating group) is 1. The summed E-state index contributed by atoms with van der Waals surface area (Å²) in [4.78, 5) is 38.6. The summed E-state index contributed by atoms with van der Waals surface area (Å²) in [5.41, 5.74) is -1.69. The second-order valence-electron chi connectivity index (χ2n) is 7.68. The molecule has 0 radical (unpaired) electrons. The molecule has 2 atom stereocenters. The van der Waals surface area contributed by atoms with Crippen molar-refractivity contribution in [3.8, 4) is 5.75 Å². The molecule has 0 aliphatic carbocycles. The van der Waals surface area contributed by atoms with Crippen LogP contribution in [0.5, 0.6) is 5.75 Å². The Labute approximate surface area is 183 Å². The van der Waals surface area contributed by atoms with E-state index >= 15 is 0 Å². The van der Waals surface area contributed by atoms with Crippen LogP contribution in [0, 0.1) is 11.6 Å². The highest BCUT2D eigenvalue weighted by atomic mass is 19.1. The van der Waals surface area contributed by atoms with Gasteiger partial charge in [-0.25, -0.2) is 8.78 Å². The van der Waals surface area contributed by atoms with Crippen molar-refractivity contribution in [2.45, 2.75) is 45.2 Å². The van der Waals surface area contributed by atoms with E-state index in [-0.39, 0.29) is 30.5 Å². The summed E-state index contributed by atoms with van der Waals surface area (Å²) in [5, 5.41) is 12.6. The van der Waals surface area contributed by atoms with Crippen LogP contribution in [0.25, 0.3) is 0 Å². The van der Waals surface area contributed by atoms with E-state index in [2.05, 4.69) is 5.32 Å². The molecule has 1 aliphatic rings. The molecule has 1 aromatic carbocycles. The number of hydrogen-bond donors (Lipinski definition) is 2. The fourth-order valence-electron chi connectivity index (χ4n) is 3.57. The molecule has 2 unspecified atom stereocenters. The van der Waals surface area contributed by atoms with Gasteiger partial charge in [0.1, 0.15) is 29.1 Å². The van der Waals surface area contributed by atoms with Crippen LogP contribution in [0.3, 0.4) is 0 Å². The quantitative estimate of drug-likeness (QED) is 0.628. The lowest BCUT2D eigenvalue weighted by atomic mass is 10.1. The van der Waals surface area contributed by atoms with Crippen molar-refractivity contribution in [1.29, 1.82) is 0 Å². The molecule has 172 valence electrons. The highest BCUT2D eigenvalue weighted by molar-refractivity contribution is 5.95. The van der Waals surface area contributed by atoms with Gasteiger partial charge >= 0.3 is 0 Å². The Hall–Kier alpha value is -3.11. The van der Waals surface area contributed by atoms with Crippen LogP contribution in [-0.2, 0) is 17.8 Å². The maximum Gasteiger partial charge on any atom is 0.257 e. The Bertz CT molecular complexity index is 1070. The van der Waals surface area contributed by atoms with Gasteiger partial charge in [-0.3, -0.25) is 19.3 Å². The van der Waals surface area contributed by atoms with E-state index in [1.807, 2.05) is 18.9 Å². The van der Waals surface area contributed by atoms with E-state index < -0.39 is 40.5 Å². The lowest BCUT2D eigenvalue weighted by Crippen LogP contribution is -2.46. The van der Waals surface area contributed by atoms with Gasteiger partial charge in [0, 0.05) is 30.9 Å². The van der Waals surface area contributed by atoms with Crippen molar-refractivity contribution >= 4 is 12.2 Å². The van der Waals surface area contributed by atoms with Gasteiger partial charge in [0.2, 0.25) is 5.43 Å². The van der Waals surface area contributed by atoms with E-state index in [1.165, 1.54) is 16.8 Å². The number of nitrogens with zero attached hydrogens (tertiary/aromatic N) is 2. The second kappa shape index (κ2) is 10.0. The van der Waals surface area contributed by atoms with E-state index in [0.717, 1.165) is 25.5 Å². The highest BCUT2D eigenvalue weighted by Gasteiger charge is 2.28. The number of aldehydes is 1. The summed E-state index contributed by atoms with van der Waals surface area (Å²) in [6.45, 7) is 2.57. The Morgan fingerprint density at radius 1 is 1.38 bits per heavy atom. The third-order valence-electron chi connectivity index (χ3n) is 5.56. The van der Waals surface area contributed by atoms with E-state index in [4.69, 9.17) is 4.74 Å². The molecule has 0 bridgehead atoms. The number of aromatic hydroxyl groups is 1. The van der Waals surface area contributed by atoms with Gasteiger partial charge in [-0.05, 0) is 26.0 Å².